The Morgan fingerprint density at radius 2 is 1.67 bits per heavy atom. The third kappa shape index (κ3) is 3.50. The molecule has 1 nitrogen and oxygen atoms in total. The number of rotatable bonds is 2. The van der Waals surface area contributed by atoms with Crippen LogP contribution in [0.15, 0.2) is 52.4 Å². The molecule has 0 atom stereocenters. The van der Waals surface area contributed by atoms with Crippen LogP contribution in [0.2, 0.25) is 5.15 Å². The van der Waals surface area contributed by atoms with Crippen molar-refractivity contribution in [2.45, 2.75) is 36.0 Å². The Balaban J connectivity index is 2.16. The fourth-order valence-corrected chi connectivity index (χ4v) is 2.69. The Kier molecular flexibility index (Phi) is 3.98. The monoisotopic (exact) mass is 277 g/mol. The Morgan fingerprint density at radius 1 is 1.00 bits per heavy atom. The second-order valence-electron chi connectivity index (χ2n) is 5.19. The molecule has 3 heteroatoms. The molecule has 1 heterocycles. The predicted molar refractivity (Wildman–Crippen MR) is 78.5 cm³/mol. The lowest BCUT2D eigenvalue weighted by Crippen LogP contribution is -2.10. The molecule has 0 fully saturated rings. The number of halogens is 1. The van der Waals surface area contributed by atoms with Gasteiger partial charge in [-0.3, -0.25) is 0 Å². The normalized spacial score (nSPS) is 11.6. The first-order chi connectivity index (χ1) is 8.45. The van der Waals surface area contributed by atoms with Crippen LogP contribution in [-0.2, 0) is 5.41 Å². The van der Waals surface area contributed by atoms with Crippen LogP contribution in [0.5, 0.6) is 0 Å². The summed E-state index contributed by atoms with van der Waals surface area (Å²) in [5.41, 5.74) is 1.54. The molecule has 1 aromatic heterocycles. The summed E-state index contributed by atoms with van der Waals surface area (Å²) in [6.07, 6.45) is 1.73. The molecule has 0 aliphatic rings. The summed E-state index contributed by atoms with van der Waals surface area (Å²) in [4.78, 5) is 6.30. The molecular formula is C15H16ClNS. The van der Waals surface area contributed by atoms with E-state index in [2.05, 4.69) is 50.0 Å². The molecular weight excluding hydrogens is 262 g/mol. The molecule has 18 heavy (non-hydrogen) atoms. The van der Waals surface area contributed by atoms with Gasteiger partial charge in [0.1, 0.15) is 5.15 Å². The Labute approximate surface area is 118 Å². The highest BCUT2D eigenvalue weighted by molar-refractivity contribution is 7.99. The molecule has 0 radical (unpaired) electrons. The van der Waals surface area contributed by atoms with E-state index in [1.165, 1.54) is 10.5 Å². The van der Waals surface area contributed by atoms with Crippen LogP contribution >= 0.6 is 23.4 Å². The fraction of sp³-hybridized carbons (Fsp3) is 0.267. The first kappa shape index (κ1) is 13.4. The number of pyridine rings is 1. The summed E-state index contributed by atoms with van der Waals surface area (Å²) >= 11 is 7.57. The largest absolute Gasteiger partial charge is 0.244 e. The third-order valence-corrected chi connectivity index (χ3v) is 3.86. The van der Waals surface area contributed by atoms with Gasteiger partial charge in [0.2, 0.25) is 0 Å². The molecule has 0 amide bonds. The molecule has 2 rings (SSSR count). The van der Waals surface area contributed by atoms with Crippen LogP contribution in [0.4, 0.5) is 0 Å². The van der Waals surface area contributed by atoms with Gasteiger partial charge >= 0.3 is 0 Å². The zero-order chi connectivity index (χ0) is 13.2. The lowest BCUT2D eigenvalue weighted by atomic mass is 9.87. The van der Waals surface area contributed by atoms with Gasteiger partial charge in [-0.2, -0.15) is 0 Å². The van der Waals surface area contributed by atoms with Crippen molar-refractivity contribution >= 4 is 23.4 Å². The van der Waals surface area contributed by atoms with Gasteiger partial charge in [0.05, 0.1) is 0 Å². The Hall–Kier alpha value is -0.990. The minimum Gasteiger partial charge on any atom is -0.244 e. The molecule has 1 aromatic carbocycles. The van der Waals surface area contributed by atoms with E-state index < -0.39 is 0 Å². The fourth-order valence-electron chi connectivity index (χ4n) is 1.61. The summed E-state index contributed by atoms with van der Waals surface area (Å²) in [6.45, 7) is 6.66. The number of hydrogen-bond acceptors (Lipinski definition) is 2. The second-order valence-corrected chi connectivity index (χ2v) is 6.72. The van der Waals surface area contributed by atoms with Crippen LogP contribution in [0.25, 0.3) is 0 Å². The van der Waals surface area contributed by atoms with Crippen molar-refractivity contribution in [1.29, 1.82) is 0 Å². The zero-order valence-corrected chi connectivity index (χ0v) is 12.3. The minimum absolute atomic E-state index is 0.198. The Bertz CT molecular complexity index is 529. The molecule has 0 N–H and O–H groups in total. The molecule has 2 aromatic rings. The minimum atomic E-state index is 0.198. The van der Waals surface area contributed by atoms with Crippen molar-refractivity contribution in [3.8, 4) is 0 Å². The molecule has 0 unspecified atom stereocenters. The summed E-state index contributed by atoms with van der Waals surface area (Å²) < 4.78 is 0. The van der Waals surface area contributed by atoms with Crippen molar-refractivity contribution in [2.24, 2.45) is 0 Å². The molecule has 0 aliphatic carbocycles. The van der Waals surface area contributed by atoms with Gasteiger partial charge in [0.15, 0.2) is 0 Å². The maximum atomic E-state index is 5.87. The van der Waals surface area contributed by atoms with Crippen molar-refractivity contribution < 1.29 is 0 Å². The molecule has 0 saturated carbocycles. The van der Waals surface area contributed by atoms with Crippen molar-refractivity contribution in [2.75, 3.05) is 0 Å². The zero-order valence-electron chi connectivity index (χ0n) is 10.8. The van der Waals surface area contributed by atoms with E-state index in [0.29, 0.717) is 5.15 Å². The van der Waals surface area contributed by atoms with Gasteiger partial charge in [-0.1, -0.05) is 56.3 Å². The number of nitrogens with zero attached hydrogens (tertiary/aromatic N) is 1. The summed E-state index contributed by atoms with van der Waals surface area (Å²) in [6, 6.07) is 12.5. The van der Waals surface area contributed by atoms with Gasteiger partial charge in [-0.05, 0) is 35.2 Å². The standard InChI is InChI=1S/C15H16ClNS/c1-15(2,3)11-4-6-12(7-5-11)18-13-8-9-17-14(16)10-13/h4-10H,1-3H3. The van der Waals surface area contributed by atoms with E-state index >= 15 is 0 Å². The van der Waals surface area contributed by atoms with E-state index in [1.807, 2.05) is 12.1 Å². The van der Waals surface area contributed by atoms with Crippen molar-refractivity contribution in [1.82, 2.24) is 4.98 Å². The van der Waals surface area contributed by atoms with E-state index in [4.69, 9.17) is 11.6 Å². The highest BCUT2D eigenvalue weighted by atomic mass is 35.5. The molecule has 0 spiro atoms. The van der Waals surface area contributed by atoms with Gasteiger partial charge in [-0.15, -0.1) is 0 Å². The lowest BCUT2D eigenvalue weighted by molar-refractivity contribution is 0.590. The summed E-state index contributed by atoms with van der Waals surface area (Å²) in [5.74, 6) is 0. The average molecular weight is 278 g/mol. The predicted octanol–water partition coefficient (Wildman–Crippen LogP) is 5.18. The van der Waals surface area contributed by atoms with Crippen molar-refractivity contribution in [3.05, 3.63) is 53.3 Å². The maximum absolute atomic E-state index is 5.87. The van der Waals surface area contributed by atoms with E-state index in [0.717, 1.165) is 4.90 Å². The van der Waals surface area contributed by atoms with Gasteiger partial charge in [0.25, 0.3) is 0 Å². The smallest absolute Gasteiger partial charge is 0.130 e. The average Bonchev–Trinajstić information content (AvgIpc) is 2.28. The van der Waals surface area contributed by atoms with Gasteiger partial charge in [-0.25, -0.2) is 4.98 Å². The van der Waals surface area contributed by atoms with Crippen LogP contribution in [0.3, 0.4) is 0 Å². The number of hydrogen-bond donors (Lipinski definition) is 0. The third-order valence-electron chi connectivity index (χ3n) is 2.65. The SMILES string of the molecule is CC(C)(C)c1ccc(Sc2ccnc(Cl)c2)cc1. The molecule has 0 saturated heterocycles. The highest BCUT2D eigenvalue weighted by Crippen LogP contribution is 2.30. The van der Waals surface area contributed by atoms with Crippen LogP contribution in [0, 0.1) is 0 Å². The van der Waals surface area contributed by atoms with Crippen LogP contribution in [-0.4, -0.2) is 4.98 Å². The molecule has 0 aliphatic heterocycles. The number of aromatic nitrogens is 1. The quantitative estimate of drug-likeness (QED) is 0.701. The first-order valence-electron chi connectivity index (χ1n) is 5.85. The topological polar surface area (TPSA) is 12.9 Å². The summed E-state index contributed by atoms with van der Waals surface area (Å²) in [5, 5.41) is 0.534. The summed E-state index contributed by atoms with van der Waals surface area (Å²) in [7, 11) is 0. The van der Waals surface area contributed by atoms with E-state index in [1.54, 1.807) is 18.0 Å². The Morgan fingerprint density at radius 3 is 2.22 bits per heavy atom. The maximum Gasteiger partial charge on any atom is 0.130 e. The van der Waals surface area contributed by atoms with Gasteiger partial charge in [0, 0.05) is 16.0 Å². The lowest BCUT2D eigenvalue weighted by Gasteiger charge is -2.19. The second kappa shape index (κ2) is 5.33. The number of benzene rings is 1. The van der Waals surface area contributed by atoms with Crippen LogP contribution in [0.1, 0.15) is 26.3 Å². The van der Waals surface area contributed by atoms with Crippen molar-refractivity contribution in [3.63, 3.8) is 0 Å². The molecule has 0 bridgehead atoms. The molecule has 94 valence electrons. The highest BCUT2D eigenvalue weighted by Gasteiger charge is 2.12. The van der Waals surface area contributed by atoms with E-state index in [9.17, 15) is 0 Å². The first-order valence-corrected chi connectivity index (χ1v) is 7.04. The van der Waals surface area contributed by atoms with Crippen LogP contribution < -0.4 is 0 Å². The van der Waals surface area contributed by atoms with Gasteiger partial charge < -0.3 is 0 Å². The van der Waals surface area contributed by atoms with E-state index in [-0.39, 0.29) is 5.41 Å².